The largest absolute Gasteiger partial charge is 0.481 e. The second-order valence-corrected chi connectivity index (χ2v) is 30.8. The number of carboxylic acids is 1. The third kappa shape index (κ3) is 34.2. The second kappa shape index (κ2) is 50.4. The number of aromatic amines is 1. The molecule has 33 nitrogen and oxygen atoms in total. The number of aliphatic carboxylic acids is 1. The molecule has 11 aromatic rings. The molecule has 0 bridgehead atoms. The number of nitrogens with one attached hydrogen (secondary N) is 6. The summed E-state index contributed by atoms with van der Waals surface area (Å²) in [7, 11) is 3.25. The van der Waals surface area contributed by atoms with Crippen molar-refractivity contribution in [3.8, 4) is 6.07 Å². The first kappa shape index (κ1) is 101. The van der Waals surface area contributed by atoms with E-state index in [4.69, 9.17) is 48.7 Å². The Bertz CT molecular complexity index is 5600. The van der Waals surface area contributed by atoms with Crippen LogP contribution in [-0.2, 0) is 63.8 Å². The Morgan fingerprint density at radius 3 is 1.90 bits per heavy atom. The molecule has 10 heterocycles. The number of imidazole rings is 2. The normalized spacial score (nSPS) is 12.2. The van der Waals surface area contributed by atoms with Gasteiger partial charge in [-0.3, -0.25) is 43.7 Å². The number of thioether (sulfide) groups is 1. The lowest BCUT2D eigenvalue weighted by molar-refractivity contribution is -0.272. The number of thiophene rings is 2. The van der Waals surface area contributed by atoms with Crippen molar-refractivity contribution in [2.24, 2.45) is 52.1 Å². The van der Waals surface area contributed by atoms with Gasteiger partial charge in [0, 0.05) is 36.0 Å². The van der Waals surface area contributed by atoms with Crippen molar-refractivity contribution in [1.82, 2.24) is 50.4 Å². The Morgan fingerprint density at radius 2 is 1.38 bits per heavy atom. The second-order valence-electron chi connectivity index (χ2n) is 27.1. The highest BCUT2D eigenvalue weighted by atomic mass is 32.2. The molecule has 43 heteroatoms. The number of nitriles is 1. The number of unbranched alkanes of at least 4 members (excludes halogenated alkanes) is 4. The van der Waals surface area contributed by atoms with Gasteiger partial charge in [0.1, 0.15) is 63.0 Å². The molecule has 0 spiro atoms. The van der Waals surface area contributed by atoms with Gasteiger partial charge in [-0.1, -0.05) is 87.2 Å². The fourth-order valence-corrected chi connectivity index (χ4v) is 13.9. The topological polar surface area (TPSA) is 473 Å². The first-order valence-electron chi connectivity index (χ1n) is 38.3. The molecule has 0 fully saturated rings. The number of halogens is 6. The van der Waals surface area contributed by atoms with Crippen molar-refractivity contribution < 1.29 is 87.0 Å². The summed E-state index contributed by atoms with van der Waals surface area (Å²) in [5.41, 5.74) is 23.3. The van der Waals surface area contributed by atoms with Gasteiger partial charge in [0.2, 0.25) is 23.6 Å². The van der Waals surface area contributed by atoms with Crippen molar-refractivity contribution >= 4 is 134 Å². The predicted molar refractivity (Wildman–Crippen MR) is 465 cm³/mol. The molecule has 1 aliphatic carbocycles. The third-order valence-electron chi connectivity index (χ3n) is 17.0. The van der Waals surface area contributed by atoms with Gasteiger partial charge in [0.25, 0.3) is 11.5 Å². The van der Waals surface area contributed by atoms with Gasteiger partial charge in [0.15, 0.2) is 27.1 Å². The van der Waals surface area contributed by atoms with Crippen molar-refractivity contribution in [3.05, 3.63) is 225 Å². The Labute approximate surface area is 729 Å². The van der Waals surface area contributed by atoms with Crippen molar-refractivity contribution in [2.45, 2.75) is 150 Å². The minimum atomic E-state index is -5.76. The SMILES string of the molecule is CC1CCc2c(sc(NC(=O)C(C(F)(F)F)C(F)(F)F)c2C#N)C1.CCCCCCCC(=O)N/N=C/c1ccco1.CCOC(=O)c1ncn(C)c1N.Cc1ccc(/C=N/NC(=O)c2cc(C)oc2C)o1.Cc1ccc(/C=N\NC(=O)Cc2cccs2)o1.Cc1ccc(Cn2c(SCCC(=O)O)nc3c2c(=O)[nH]c(=O)n3C)cc1.NC(=S)N/N=C/c1ccco1. The number of aryl methyl sites for hydroxylation is 7. The highest BCUT2D eigenvalue weighted by Crippen LogP contribution is 2.43. The Balaban J connectivity index is 0.000000229. The number of nitrogens with zero attached hydrogens (tertiary/aromatic N) is 10. The molecule has 0 radical (unpaired) electrons. The highest BCUT2D eigenvalue weighted by Gasteiger charge is 2.61. The van der Waals surface area contributed by atoms with Crippen molar-refractivity contribution in [3.63, 3.8) is 0 Å². The number of carbonyl (C=O) groups is 6. The van der Waals surface area contributed by atoms with Crippen LogP contribution in [0.1, 0.15) is 171 Å². The van der Waals surface area contributed by atoms with E-state index in [0.29, 0.717) is 113 Å². The number of fused-ring (bicyclic) bond motifs is 2. The van der Waals surface area contributed by atoms with E-state index in [0.717, 1.165) is 63.0 Å². The molecular formula is C82H94F6N18O15S4. The maximum absolute atomic E-state index is 12.6. The number of carbonyl (C=O) groups excluding carboxylic acids is 5. The summed E-state index contributed by atoms with van der Waals surface area (Å²) >= 11 is 8.18. The van der Waals surface area contributed by atoms with Crippen LogP contribution in [0.25, 0.3) is 11.2 Å². The molecule has 12 rings (SSSR count). The smallest absolute Gasteiger partial charge is 0.409 e. The van der Waals surface area contributed by atoms with E-state index in [1.807, 2.05) is 81.6 Å². The average Bonchev–Trinajstić information content (AvgIpc) is 1.62. The first-order valence-corrected chi connectivity index (χ1v) is 41.4. The Hall–Kier alpha value is -13.2. The van der Waals surface area contributed by atoms with Crippen molar-refractivity contribution in [1.29, 1.82) is 5.26 Å². The number of alkyl halides is 6. The first-order chi connectivity index (χ1) is 59.4. The summed E-state index contributed by atoms with van der Waals surface area (Å²) in [6, 6.07) is 29.5. The van der Waals surface area contributed by atoms with E-state index in [-0.39, 0.29) is 51.2 Å². The molecule has 1 aromatic carbocycles. The van der Waals surface area contributed by atoms with Gasteiger partial charge in [-0.15, -0.1) is 22.7 Å². The van der Waals surface area contributed by atoms with Gasteiger partial charge in [-0.05, 0) is 163 Å². The number of aromatic nitrogens is 6. The number of carboxylic acid groups (broad SMARTS) is 1. The van der Waals surface area contributed by atoms with Gasteiger partial charge in [-0.25, -0.2) is 35.8 Å². The summed E-state index contributed by atoms with van der Waals surface area (Å²) in [4.78, 5) is 105. The molecule has 125 heavy (non-hydrogen) atoms. The summed E-state index contributed by atoms with van der Waals surface area (Å²) in [6.45, 7) is 15.8. The standard InChI is InChI=1S/C17H18N4O4S.C14H12F6N2OS.C13H14N2O3.C13H20N2O2.C12H12N2O2S.C7H11N3O2.C6H7N3OS/c1-10-3-5-11(6-4-10)9-21-13-14(20(2)16(25)19-15(13)24)18-17(21)26-8-7-12(22)23;1-6-2-3-7-8(5-21)12(24-9(7)4-6)22-11(23)10(13(15,16)17)14(18,19)20;1-8-4-5-11(18-8)7-14-15-13(16)12-6-9(2)17-10(12)3;1-2-3-4-5-6-9-13(16)15-14-11-12-8-7-10-17-12;1-9-4-5-10(16-9)8-13-14-12(15)7-11-3-2-6-17-11;1-3-12-7(11)5-6(8)10(2)4-9-5;7-6(11)9-8-4-5-2-1-3-10-5/h3-6H,7-9H2,1-2H3,(H,22,23)(H,19,24,25);6,10H,2-4H2,1H3,(H,22,23);4-7H,1-3H3,(H,15,16);7-8,10-11H,2-6,9H2,1H3,(H,15,16);2-6,8H,7H2,1H3,(H,14,15);4H,3,8H2,1-2H3;1-4H,(H3,7,9,11)/b;;14-7+;14-11+;13-8-;;8-4+. The van der Waals surface area contributed by atoms with Gasteiger partial charge < -0.3 is 57.8 Å². The van der Waals surface area contributed by atoms with Gasteiger partial charge in [0.05, 0.1) is 80.8 Å². The molecule has 0 saturated carbocycles. The number of nitrogen functional groups attached to an aromatic ring is 1. The molecule has 1 unspecified atom stereocenters. The zero-order valence-electron chi connectivity index (χ0n) is 69.5. The fraction of sp³-hybridized carbons (Fsp3) is 0.341. The van der Waals surface area contributed by atoms with Crippen LogP contribution >= 0.6 is 46.7 Å². The minimum absolute atomic E-state index is 0.0201. The maximum atomic E-state index is 12.6. The third-order valence-corrected chi connectivity index (χ3v) is 20.1. The van der Waals surface area contributed by atoms with Crippen LogP contribution in [0, 0.1) is 57.8 Å². The Kier molecular flexibility index (Phi) is 40.6. The number of H-pyrrole nitrogens is 1. The number of thiocarbonyl (C=S) groups is 1. The molecular weight excluding hydrogens is 1720 g/mol. The number of benzene rings is 1. The predicted octanol–water partition coefficient (Wildman–Crippen LogP) is 14.4. The minimum Gasteiger partial charge on any atom is -0.481 e. The van der Waals surface area contributed by atoms with Crippen LogP contribution in [0.4, 0.5) is 37.2 Å². The number of hydrogen-bond donors (Lipinski definition) is 9. The van der Waals surface area contributed by atoms with Crippen LogP contribution in [0.2, 0.25) is 0 Å². The summed E-state index contributed by atoms with van der Waals surface area (Å²) < 4.78 is 111. The molecule has 4 amide bonds. The number of nitrogens with two attached hydrogens (primary N) is 2. The van der Waals surface area contributed by atoms with E-state index in [1.54, 1.807) is 115 Å². The Morgan fingerprint density at radius 1 is 0.784 bits per heavy atom. The molecule has 0 aliphatic heterocycles. The lowest BCUT2D eigenvalue weighted by atomic mass is 9.88. The zero-order valence-corrected chi connectivity index (χ0v) is 72.8. The zero-order chi connectivity index (χ0) is 91.9. The molecule has 1 aliphatic rings. The molecule has 0 saturated heterocycles. The molecule has 1 atom stereocenters. The quantitative estimate of drug-likeness (QED) is 0.00439. The van der Waals surface area contributed by atoms with Crippen LogP contribution in [0.5, 0.6) is 0 Å². The van der Waals surface area contributed by atoms with Crippen molar-refractivity contribution in [2.75, 3.05) is 23.4 Å². The van der Waals surface area contributed by atoms with E-state index in [2.05, 4.69) is 76.2 Å². The number of ether oxygens (including phenoxy) is 1. The summed E-state index contributed by atoms with van der Waals surface area (Å²) in [6.07, 6.45) is 7.43. The monoisotopic (exact) mass is 1810 g/mol. The summed E-state index contributed by atoms with van der Waals surface area (Å²) in [5.74, 6) is -1.88. The highest BCUT2D eigenvalue weighted by molar-refractivity contribution is 7.99. The van der Waals surface area contributed by atoms with E-state index >= 15 is 0 Å². The number of esters is 1. The number of furan rings is 5. The lowest BCUT2D eigenvalue weighted by Crippen LogP contribution is -2.45. The molecule has 10 aromatic heterocycles. The number of hydrazone groups is 4. The van der Waals surface area contributed by atoms with Gasteiger partial charge >= 0.3 is 30.0 Å². The fourth-order valence-electron chi connectivity index (χ4n) is 10.9. The number of hydrogen-bond acceptors (Lipinski definition) is 26. The molecule has 11 N–H and O–H groups in total. The lowest BCUT2D eigenvalue weighted by Gasteiger charge is -2.21. The van der Waals surface area contributed by atoms with E-state index in [1.165, 1.54) is 73.8 Å². The van der Waals surface area contributed by atoms with Gasteiger partial charge in [-0.2, -0.15) is 52.0 Å². The number of amides is 4. The van der Waals surface area contributed by atoms with Crippen LogP contribution in [0.15, 0.2) is 172 Å². The van der Waals surface area contributed by atoms with E-state index in [9.17, 15) is 64.7 Å². The maximum Gasteiger partial charge on any atom is 0.409 e. The van der Waals surface area contributed by atoms with Crippen LogP contribution < -0.4 is 49.7 Å². The number of rotatable bonds is 27. The average molecular weight is 1810 g/mol. The molecule has 668 valence electrons. The van der Waals surface area contributed by atoms with Crippen LogP contribution in [0.3, 0.4) is 0 Å². The van der Waals surface area contributed by atoms with E-state index < -0.39 is 47.4 Å². The van der Waals surface area contributed by atoms with Crippen LogP contribution in [-0.4, -0.2) is 124 Å². The summed E-state index contributed by atoms with van der Waals surface area (Å²) in [5, 5.41) is 37.1. The number of anilines is 2.